The lowest BCUT2D eigenvalue weighted by Crippen LogP contribution is -2.11. The minimum atomic E-state index is -0.819. The molecule has 0 spiro atoms. The van der Waals surface area contributed by atoms with Gasteiger partial charge >= 0.3 is 11.9 Å². The standard InChI is InChI=1S/C11H16N2O4/c1-7(10(14)15)4-5-8-6-9(11(16)17-3)12-13(8)2/h6-7H,4-5H2,1-3H3,(H,14,15). The van der Waals surface area contributed by atoms with Crippen molar-refractivity contribution in [2.75, 3.05) is 7.11 Å². The number of rotatable bonds is 5. The summed E-state index contributed by atoms with van der Waals surface area (Å²) in [5, 5.41) is 12.8. The average molecular weight is 240 g/mol. The molecular formula is C11H16N2O4. The van der Waals surface area contributed by atoms with Crippen molar-refractivity contribution in [3.8, 4) is 0 Å². The SMILES string of the molecule is COC(=O)c1cc(CCC(C)C(=O)O)n(C)n1. The Kier molecular flexibility index (Phi) is 4.25. The highest BCUT2D eigenvalue weighted by molar-refractivity contribution is 5.87. The van der Waals surface area contributed by atoms with Crippen LogP contribution in [0.1, 0.15) is 29.5 Å². The Morgan fingerprint density at radius 2 is 2.24 bits per heavy atom. The van der Waals surface area contributed by atoms with Gasteiger partial charge in [-0.25, -0.2) is 4.79 Å². The van der Waals surface area contributed by atoms with Crippen LogP contribution in [-0.4, -0.2) is 33.9 Å². The van der Waals surface area contributed by atoms with Crippen molar-refractivity contribution < 1.29 is 19.4 Å². The van der Waals surface area contributed by atoms with Gasteiger partial charge in [0.25, 0.3) is 0 Å². The van der Waals surface area contributed by atoms with Crippen LogP contribution in [0, 0.1) is 5.92 Å². The van der Waals surface area contributed by atoms with E-state index in [9.17, 15) is 9.59 Å². The van der Waals surface area contributed by atoms with Crippen molar-refractivity contribution in [1.82, 2.24) is 9.78 Å². The smallest absolute Gasteiger partial charge is 0.358 e. The summed E-state index contributed by atoms with van der Waals surface area (Å²) in [4.78, 5) is 21.9. The minimum Gasteiger partial charge on any atom is -0.481 e. The molecule has 0 aromatic carbocycles. The van der Waals surface area contributed by atoms with Crippen molar-refractivity contribution >= 4 is 11.9 Å². The fourth-order valence-electron chi connectivity index (χ4n) is 1.43. The lowest BCUT2D eigenvalue weighted by molar-refractivity contribution is -0.141. The van der Waals surface area contributed by atoms with Crippen LogP contribution in [0.5, 0.6) is 0 Å². The average Bonchev–Trinajstić information content (AvgIpc) is 2.66. The lowest BCUT2D eigenvalue weighted by Gasteiger charge is -2.05. The van der Waals surface area contributed by atoms with Gasteiger partial charge in [-0.2, -0.15) is 5.10 Å². The third-order valence-corrected chi connectivity index (χ3v) is 2.63. The summed E-state index contributed by atoms with van der Waals surface area (Å²) >= 11 is 0. The van der Waals surface area contributed by atoms with Gasteiger partial charge in [0.05, 0.1) is 13.0 Å². The molecular weight excluding hydrogens is 224 g/mol. The maximum Gasteiger partial charge on any atom is 0.358 e. The van der Waals surface area contributed by atoms with Gasteiger partial charge in [0.1, 0.15) is 0 Å². The molecule has 1 rings (SSSR count). The number of methoxy groups -OCH3 is 1. The summed E-state index contributed by atoms with van der Waals surface area (Å²) in [6.07, 6.45) is 1.07. The number of carbonyl (C=O) groups is 2. The third kappa shape index (κ3) is 3.30. The van der Waals surface area contributed by atoms with Crippen molar-refractivity contribution in [2.45, 2.75) is 19.8 Å². The van der Waals surface area contributed by atoms with Crippen molar-refractivity contribution in [3.05, 3.63) is 17.5 Å². The highest BCUT2D eigenvalue weighted by Crippen LogP contribution is 2.11. The Bertz CT molecular complexity index is 425. The lowest BCUT2D eigenvalue weighted by atomic mass is 10.0. The Hall–Kier alpha value is -1.85. The summed E-state index contributed by atoms with van der Waals surface area (Å²) in [6.45, 7) is 1.65. The van der Waals surface area contributed by atoms with Crippen LogP contribution in [0.15, 0.2) is 6.07 Å². The summed E-state index contributed by atoms with van der Waals surface area (Å²) < 4.78 is 6.13. The summed E-state index contributed by atoms with van der Waals surface area (Å²) in [7, 11) is 3.01. The zero-order valence-electron chi connectivity index (χ0n) is 10.1. The molecule has 6 heteroatoms. The highest BCUT2D eigenvalue weighted by Gasteiger charge is 2.15. The molecule has 1 aromatic heterocycles. The first kappa shape index (κ1) is 13.2. The fraction of sp³-hybridized carbons (Fsp3) is 0.545. The number of ether oxygens (including phenoxy) is 1. The molecule has 0 bridgehead atoms. The largest absolute Gasteiger partial charge is 0.481 e. The van der Waals surface area contributed by atoms with Gasteiger partial charge in [-0.1, -0.05) is 6.92 Å². The molecule has 1 N–H and O–H groups in total. The number of esters is 1. The monoisotopic (exact) mass is 240 g/mol. The molecule has 0 aliphatic heterocycles. The van der Waals surface area contributed by atoms with E-state index in [0.717, 1.165) is 5.69 Å². The molecule has 0 aliphatic rings. The number of carbonyl (C=O) groups excluding carboxylic acids is 1. The van der Waals surface area contributed by atoms with Crippen molar-refractivity contribution in [1.29, 1.82) is 0 Å². The second-order valence-electron chi connectivity index (χ2n) is 3.91. The van der Waals surface area contributed by atoms with Gasteiger partial charge in [0.2, 0.25) is 0 Å². The molecule has 0 saturated heterocycles. The van der Waals surface area contributed by atoms with E-state index in [4.69, 9.17) is 5.11 Å². The van der Waals surface area contributed by atoms with Gasteiger partial charge < -0.3 is 9.84 Å². The first-order valence-electron chi connectivity index (χ1n) is 5.29. The first-order chi connectivity index (χ1) is 7.95. The molecule has 0 amide bonds. The van der Waals surface area contributed by atoms with Gasteiger partial charge in [0.15, 0.2) is 5.69 Å². The second kappa shape index (κ2) is 5.47. The molecule has 0 radical (unpaired) electrons. The van der Waals surface area contributed by atoms with Crippen LogP contribution in [0.3, 0.4) is 0 Å². The molecule has 17 heavy (non-hydrogen) atoms. The fourth-order valence-corrected chi connectivity index (χ4v) is 1.43. The molecule has 1 aromatic rings. The van der Waals surface area contributed by atoms with Gasteiger partial charge in [-0.15, -0.1) is 0 Å². The molecule has 1 atom stereocenters. The number of carboxylic acids is 1. The summed E-state index contributed by atoms with van der Waals surface area (Å²) in [6, 6.07) is 1.63. The van der Waals surface area contributed by atoms with E-state index in [-0.39, 0.29) is 5.69 Å². The van der Waals surface area contributed by atoms with Gasteiger partial charge in [0, 0.05) is 12.7 Å². The van der Waals surface area contributed by atoms with Crippen molar-refractivity contribution in [3.63, 3.8) is 0 Å². The number of nitrogens with zero attached hydrogens (tertiary/aromatic N) is 2. The number of carboxylic acid groups (broad SMARTS) is 1. The maximum atomic E-state index is 11.2. The number of hydrogen-bond donors (Lipinski definition) is 1. The Balaban J connectivity index is 2.69. The zero-order chi connectivity index (χ0) is 13.0. The van der Waals surface area contributed by atoms with Gasteiger partial charge in [-0.05, 0) is 18.9 Å². The van der Waals surface area contributed by atoms with Crippen LogP contribution < -0.4 is 0 Å². The Morgan fingerprint density at radius 1 is 1.59 bits per heavy atom. The zero-order valence-corrected chi connectivity index (χ0v) is 10.1. The number of aliphatic carboxylic acids is 1. The quantitative estimate of drug-likeness (QED) is 0.772. The molecule has 1 heterocycles. The van der Waals surface area contributed by atoms with Crippen LogP contribution in [-0.2, 0) is 23.0 Å². The van der Waals surface area contributed by atoms with Gasteiger partial charge in [-0.3, -0.25) is 9.48 Å². The van der Waals surface area contributed by atoms with Crippen LogP contribution >= 0.6 is 0 Å². The van der Waals surface area contributed by atoms with Crippen LogP contribution in [0.25, 0.3) is 0 Å². The molecule has 6 nitrogen and oxygen atoms in total. The molecule has 1 unspecified atom stereocenters. The van der Waals surface area contributed by atoms with Crippen molar-refractivity contribution in [2.24, 2.45) is 13.0 Å². The molecule has 0 aliphatic carbocycles. The number of hydrogen-bond acceptors (Lipinski definition) is 4. The van der Waals surface area contributed by atoms with E-state index in [1.165, 1.54) is 7.11 Å². The highest BCUT2D eigenvalue weighted by atomic mass is 16.5. The first-order valence-corrected chi connectivity index (χ1v) is 5.29. The normalized spacial score (nSPS) is 12.2. The molecule has 94 valence electrons. The van der Waals surface area contributed by atoms with E-state index >= 15 is 0 Å². The van der Waals surface area contributed by atoms with E-state index in [2.05, 4.69) is 9.84 Å². The molecule has 0 saturated carbocycles. The Morgan fingerprint density at radius 3 is 2.76 bits per heavy atom. The summed E-state index contributed by atoms with van der Waals surface area (Å²) in [5.74, 6) is -1.72. The summed E-state index contributed by atoms with van der Waals surface area (Å²) in [5.41, 5.74) is 1.06. The topological polar surface area (TPSA) is 81.4 Å². The van der Waals surface area contributed by atoms with Crippen LogP contribution in [0.4, 0.5) is 0 Å². The maximum absolute atomic E-state index is 11.2. The van der Waals surface area contributed by atoms with E-state index in [1.807, 2.05) is 0 Å². The minimum absolute atomic E-state index is 0.243. The third-order valence-electron chi connectivity index (χ3n) is 2.63. The van der Waals surface area contributed by atoms with E-state index in [0.29, 0.717) is 12.8 Å². The predicted octanol–water partition coefficient (Wildman–Crippen LogP) is 0.860. The Labute approximate surface area is 99.2 Å². The molecule has 0 fully saturated rings. The van der Waals surface area contributed by atoms with Crippen LogP contribution in [0.2, 0.25) is 0 Å². The second-order valence-corrected chi connectivity index (χ2v) is 3.91. The predicted molar refractivity (Wildman–Crippen MR) is 59.7 cm³/mol. The van der Waals surface area contributed by atoms with E-state index in [1.54, 1.807) is 24.7 Å². The number of aryl methyl sites for hydroxylation is 2. The van der Waals surface area contributed by atoms with E-state index < -0.39 is 17.9 Å². The number of aromatic nitrogens is 2.